The number of benzene rings is 13. The molecule has 13 aromatic rings. The van der Waals surface area contributed by atoms with E-state index >= 15 is 25.9 Å². The third-order valence-corrected chi connectivity index (χ3v) is 17.9. The van der Waals surface area contributed by atoms with Crippen LogP contribution in [0.5, 0.6) is 0 Å². The number of hydrogen-bond donors (Lipinski definition) is 0. The third kappa shape index (κ3) is 17.8. The van der Waals surface area contributed by atoms with Gasteiger partial charge in [0.15, 0.2) is 17.3 Å². The lowest BCUT2D eigenvalue weighted by molar-refractivity contribution is 0.103. The van der Waals surface area contributed by atoms with Gasteiger partial charge in [0, 0.05) is 51.6 Å². The van der Waals surface area contributed by atoms with Crippen molar-refractivity contribution in [1.29, 1.82) is 0 Å². The van der Waals surface area contributed by atoms with Gasteiger partial charge in [0.25, 0.3) is 0 Å². The summed E-state index contributed by atoms with van der Waals surface area (Å²) in [6.07, 6.45) is 2.22. The fourth-order valence-corrected chi connectivity index (χ4v) is 13.1. The van der Waals surface area contributed by atoms with Crippen molar-refractivity contribution in [1.82, 2.24) is 0 Å². The maximum absolute atomic E-state index is 15.1. The number of carbonyl (C=O) groups is 3. The maximum atomic E-state index is 15.1. The van der Waals surface area contributed by atoms with Gasteiger partial charge in [0.05, 0.1) is 0 Å². The summed E-state index contributed by atoms with van der Waals surface area (Å²) >= 11 is 0. The predicted octanol–water partition coefficient (Wildman–Crippen LogP) is 23.2. The molecule has 0 unspecified atom stereocenters. The zero-order valence-electron chi connectivity index (χ0n) is 57.8. The second-order valence-electron chi connectivity index (χ2n) is 24.8. The topological polar surface area (TPSA) is 78.9 Å². The Morgan fingerprint density at radius 2 is 0.315 bits per heavy atom. The van der Waals surface area contributed by atoms with Gasteiger partial charge in [0.1, 0.15) is 17.3 Å². The molecule has 0 aliphatic carbocycles. The second kappa shape index (κ2) is 34.8. The van der Waals surface area contributed by atoms with Crippen LogP contribution in [-0.4, -0.2) is 39.8 Å². The largest absolute Gasteiger partial charge is 0.796 e. The van der Waals surface area contributed by atoms with Crippen LogP contribution in [0.4, 0.5) is 25.9 Å². The number of ketones is 3. The normalized spacial score (nSPS) is 11.3. The van der Waals surface area contributed by atoms with E-state index in [0.29, 0.717) is 16.7 Å². The number of halogens is 6. The van der Waals surface area contributed by atoms with E-state index in [0.717, 1.165) is 120 Å². The van der Waals surface area contributed by atoms with Crippen LogP contribution in [0.25, 0.3) is 50.7 Å². The number of hydrogen-bond acceptors (Lipinski definition) is 6. The summed E-state index contributed by atoms with van der Waals surface area (Å²) < 4.78 is 106. The molecule has 13 aromatic carbocycles. The van der Waals surface area contributed by atoms with Gasteiger partial charge in [-0.2, -0.15) is 0 Å². The highest BCUT2D eigenvalue weighted by molar-refractivity contribution is 6.37. The van der Waals surface area contributed by atoms with Crippen molar-refractivity contribution in [2.75, 3.05) is 0 Å². The van der Waals surface area contributed by atoms with Crippen molar-refractivity contribution < 1.29 is 54.2 Å². The minimum absolute atomic E-state index is 0.0131. The summed E-state index contributed by atoms with van der Waals surface area (Å²) in [6.45, 7) is 0. The molecule has 0 radical (unpaired) electrons. The minimum Gasteiger partial charge on any atom is -0.505 e. The first-order valence-corrected chi connectivity index (χ1v) is 34.6. The second-order valence-corrected chi connectivity index (χ2v) is 24.8. The van der Waals surface area contributed by atoms with Crippen molar-refractivity contribution in [3.05, 3.63) is 482 Å². The Balaban J connectivity index is 0.935. The molecule has 522 valence electrons. The van der Waals surface area contributed by atoms with E-state index in [1.54, 1.807) is 36.4 Å². The Morgan fingerprint density at radius 1 is 0.185 bits per heavy atom. The van der Waals surface area contributed by atoms with Crippen molar-refractivity contribution in [3.8, 4) is 0 Å². The van der Waals surface area contributed by atoms with E-state index in [4.69, 9.17) is 14.0 Å². The van der Waals surface area contributed by atoms with Crippen LogP contribution in [0.3, 0.4) is 0 Å². The molecule has 0 saturated carbocycles. The molecule has 0 bridgehead atoms. The lowest BCUT2D eigenvalue weighted by Crippen LogP contribution is -2.11. The van der Waals surface area contributed by atoms with E-state index in [1.165, 1.54) is 36.4 Å². The molecule has 0 amide bonds. The average Bonchev–Trinajstić information content (AvgIpc) is 0.806. The van der Waals surface area contributed by atoms with Crippen LogP contribution in [-0.2, 0) is 14.0 Å². The van der Waals surface area contributed by atoms with E-state index in [2.05, 4.69) is 0 Å². The van der Waals surface area contributed by atoms with E-state index in [9.17, 15) is 14.4 Å². The summed E-state index contributed by atoms with van der Waals surface area (Å²) in [4.78, 5) is 44.2. The molecule has 0 aromatic heterocycles. The van der Waals surface area contributed by atoms with Crippen LogP contribution in [0.15, 0.2) is 382 Å². The Morgan fingerprint density at radius 3 is 0.454 bits per heavy atom. The number of rotatable bonds is 27. The molecule has 0 fully saturated rings. The molecule has 6 nitrogen and oxygen atoms in total. The molecular formula is C93H63B3F6O6. The van der Waals surface area contributed by atoms with Gasteiger partial charge in [0.2, 0.25) is 0 Å². The number of carbonyl (C=O) groups excluding carboxylic acids is 3. The molecule has 0 saturated heterocycles. The minimum atomic E-state index is -3.65. The Bertz CT molecular complexity index is 4800. The molecule has 13 rings (SSSR count). The van der Waals surface area contributed by atoms with Gasteiger partial charge in [-0.15, -0.1) is 0 Å². The highest BCUT2D eigenvalue weighted by atomic mass is 19.3. The standard InChI is InChI=1S/C93H63B3F6O6/c97-94(98)106-85(61-82(103)64-46-52-76(53-47-64)91(73-40-22-7-23-41-73)88(67-28-10-1-11-29-67)68-30-12-2-13-31-68)79-58-80(86(107-95(99)100)62-83(104)65-48-54-77(55-49-65)92(74-42-24-8-25-43-74)89(69-32-14-3-15-33-69)70-34-16-4-17-35-70)60-81(59-79)87(108-96(101)102)63-84(105)66-50-56-78(57-51-66)93(75-44-26-9-27-45-75)90(71-36-18-5-19-37-71)72-38-20-6-21-39-72/h1-63H/b85-61-,86-62+,87-63+. The summed E-state index contributed by atoms with van der Waals surface area (Å²) in [5.74, 6) is -5.27. The first-order valence-electron chi connectivity index (χ1n) is 34.6. The summed E-state index contributed by atoms with van der Waals surface area (Å²) in [7, 11) is -11.0. The van der Waals surface area contributed by atoms with Crippen LogP contribution in [0.2, 0.25) is 0 Å². The Labute approximate surface area is 623 Å². The van der Waals surface area contributed by atoms with Gasteiger partial charge in [-0.25, -0.2) is 25.9 Å². The highest BCUT2D eigenvalue weighted by Gasteiger charge is 2.29. The van der Waals surface area contributed by atoms with Gasteiger partial charge in [-0.05, 0) is 118 Å². The maximum Gasteiger partial charge on any atom is 0.796 e. The average molecular weight is 1420 g/mol. The molecule has 0 atom stereocenters. The lowest BCUT2D eigenvalue weighted by atomic mass is 9.85. The van der Waals surface area contributed by atoms with Gasteiger partial charge in [-0.3, -0.25) is 14.4 Å². The van der Waals surface area contributed by atoms with Crippen LogP contribution in [0, 0.1) is 0 Å². The first-order chi connectivity index (χ1) is 52.8. The van der Waals surface area contributed by atoms with Gasteiger partial charge < -0.3 is 14.0 Å². The molecule has 108 heavy (non-hydrogen) atoms. The Kier molecular flexibility index (Phi) is 23.5. The van der Waals surface area contributed by atoms with Crippen LogP contribution < -0.4 is 0 Å². The summed E-state index contributed by atoms with van der Waals surface area (Å²) in [6, 6.07) is 110. The Hall–Kier alpha value is -13.5. The van der Waals surface area contributed by atoms with Crippen molar-refractivity contribution in [2.45, 2.75) is 0 Å². The summed E-state index contributed by atoms with van der Waals surface area (Å²) in [5, 5.41) is 0. The van der Waals surface area contributed by atoms with Crippen LogP contribution >= 0.6 is 0 Å². The van der Waals surface area contributed by atoms with Crippen molar-refractivity contribution in [2.24, 2.45) is 0 Å². The molecular weight excluding hydrogens is 1360 g/mol. The monoisotopic (exact) mass is 1420 g/mol. The van der Waals surface area contributed by atoms with Crippen LogP contribution in [0.1, 0.15) is 115 Å². The van der Waals surface area contributed by atoms with E-state index in [1.807, 2.05) is 273 Å². The number of allylic oxidation sites excluding steroid dienone is 3. The SMILES string of the molecule is O=C(/C=C(\OB(F)F)c1cc(/C(=C\C(=O)c2ccc(C(=C(c3ccccc3)c3ccccc3)c3ccccc3)cc2)OB(F)F)cc(/C(=C\C(=O)c2ccc(C(=C(c3ccccc3)c3ccccc3)c3ccccc3)cc2)OB(F)F)c1)c1ccc(C(=C(c2ccccc2)c2ccccc2)c2ccccc2)cc1. The fourth-order valence-electron chi connectivity index (χ4n) is 13.1. The smallest absolute Gasteiger partial charge is 0.505 e. The molecule has 0 aliphatic rings. The quantitative estimate of drug-likeness (QED) is 0.0127. The van der Waals surface area contributed by atoms with E-state index in [-0.39, 0.29) is 16.7 Å². The summed E-state index contributed by atoms with van der Waals surface area (Å²) in [5.41, 5.74) is 13.5. The van der Waals surface area contributed by atoms with Crippen molar-refractivity contribution in [3.63, 3.8) is 0 Å². The van der Waals surface area contributed by atoms with Gasteiger partial charge in [-0.1, -0.05) is 346 Å². The predicted molar refractivity (Wildman–Crippen MR) is 423 cm³/mol. The zero-order chi connectivity index (χ0) is 74.7. The molecule has 15 heteroatoms. The zero-order valence-corrected chi connectivity index (χ0v) is 57.8. The molecule has 0 heterocycles. The molecule has 0 aliphatic heterocycles. The third-order valence-electron chi connectivity index (χ3n) is 17.9. The van der Waals surface area contributed by atoms with E-state index < -0.39 is 73.7 Å². The first kappa shape index (κ1) is 72.8. The highest BCUT2D eigenvalue weighted by Crippen LogP contribution is 2.42. The van der Waals surface area contributed by atoms with Crippen molar-refractivity contribution >= 4 is 90.5 Å². The fraction of sp³-hybridized carbons (Fsp3) is 0. The molecule has 0 spiro atoms. The molecule has 0 N–H and O–H groups in total. The lowest BCUT2D eigenvalue weighted by Gasteiger charge is -2.18. The van der Waals surface area contributed by atoms with Gasteiger partial charge >= 0.3 is 22.4 Å².